The van der Waals surface area contributed by atoms with E-state index in [1.165, 1.54) is 0 Å². The molecule has 0 aliphatic carbocycles. The topological polar surface area (TPSA) is 47.0 Å². The summed E-state index contributed by atoms with van der Waals surface area (Å²) in [6, 6.07) is 7.82. The molecule has 1 aromatic heterocycles. The van der Waals surface area contributed by atoms with E-state index in [4.69, 9.17) is 9.72 Å². The summed E-state index contributed by atoms with van der Waals surface area (Å²) in [5.74, 6) is 2.37. The molecule has 5 heteroatoms. The predicted molar refractivity (Wildman–Crippen MR) is 89.9 cm³/mol. The van der Waals surface area contributed by atoms with Crippen molar-refractivity contribution in [2.75, 3.05) is 19.0 Å². The van der Waals surface area contributed by atoms with Gasteiger partial charge >= 0.3 is 0 Å². The first-order valence-electron chi connectivity index (χ1n) is 7.14. The minimum Gasteiger partial charge on any atom is -0.497 e. The van der Waals surface area contributed by atoms with Crippen LogP contribution in [0.15, 0.2) is 28.7 Å². The molecule has 0 aliphatic heterocycles. The molecule has 1 heterocycles. The van der Waals surface area contributed by atoms with Gasteiger partial charge in [0.25, 0.3) is 0 Å². The fourth-order valence-corrected chi connectivity index (χ4v) is 2.59. The molecule has 4 nitrogen and oxygen atoms in total. The molecule has 2 rings (SSSR count). The van der Waals surface area contributed by atoms with Crippen LogP contribution in [0.25, 0.3) is 11.4 Å². The van der Waals surface area contributed by atoms with E-state index in [2.05, 4.69) is 40.1 Å². The standard InChI is InChI=1S/C16H20BrN3O/c1-4-7-13-14(17)16(18-5-2)20-15(19-13)11-8-6-9-12(10-11)21-3/h6,8-10H,4-5,7H2,1-3H3,(H,18,19,20). The van der Waals surface area contributed by atoms with Crippen molar-refractivity contribution in [2.45, 2.75) is 26.7 Å². The maximum atomic E-state index is 5.28. The van der Waals surface area contributed by atoms with Gasteiger partial charge in [0.15, 0.2) is 5.82 Å². The highest BCUT2D eigenvalue weighted by atomic mass is 79.9. The van der Waals surface area contributed by atoms with Gasteiger partial charge in [-0.1, -0.05) is 25.5 Å². The smallest absolute Gasteiger partial charge is 0.161 e. The van der Waals surface area contributed by atoms with Gasteiger partial charge in [-0.25, -0.2) is 9.97 Å². The number of aromatic nitrogens is 2. The van der Waals surface area contributed by atoms with E-state index < -0.39 is 0 Å². The molecule has 0 saturated carbocycles. The Morgan fingerprint density at radius 2 is 2.05 bits per heavy atom. The largest absolute Gasteiger partial charge is 0.497 e. The molecule has 0 fully saturated rings. The monoisotopic (exact) mass is 349 g/mol. The first-order valence-corrected chi connectivity index (χ1v) is 7.93. The number of benzene rings is 1. The molecule has 1 aromatic carbocycles. The van der Waals surface area contributed by atoms with Crippen molar-refractivity contribution < 1.29 is 4.74 Å². The second-order valence-electron chi connectivity index (χ2n) is 4.67. The van der Waals surface area contributed by atoms with Crippen LogP contribution in [0.2, 0.25) is 0 Å². The third-order valence-corrected chi connectivity index (χ3v) is 3.91. The van der Waals surface area contributed by atoms with Crippen molar-refractivity contribution in [3.05, 3.63) is 34.4 Å². The van der Waals surface area contributed by atoms with Gasteiger partial charge in [-0.2, -0.15) is 0 Å². The van der Waals surface area contributed by atoms with E-state index >= 15 is 0 Å². The van der Waals surface area contributed by atoms with Gasteiger partial charge in [-0.3, -0.25) is 0 Å². The Morgan fingerprint density at radius 3 is 2.71 bits per heavy atom. The number of ether oxygens (including phenoxy) is 1. The summed E-state index contributed by atoms with van der Waals surface area (Å²) in [6.07, 6.45) is 1.96. The van der Waals surface area contributed by atoms with E-state index in [0.29, 0.717) is 0 Å². The molecule has 0 spiro atoms. The van der Waals surface area contributed by atoms with Crippen molar-refractivity contribution >= 4 is 21.7 Å². The Bertz CT molecular complexity index is 589. The van der Waals surface area contributed by atoms with Crippen LogP contribution < -0.4 is 10.1 Å². The quantitative estimate of drug-likeness (QED) is 0.844. The van der Waals surface area contributed by atoms with Crippen molar-refractivity contribution in [3.63, 3.8) is 0 Å². The predicted octanol–water partition coefficient (Wildman–Crippen LogP) is 4.30. The highest BCUT2D eigenvalue weighted by Gasteiger charge is 2.13. The molecule has 0 unspecified atom stereocenters. The van der Waals surface area contributed by atoms with E-state index in [1.54, 1.807) is 7.11 Å². The van der Waals surface area contributed by atoms with Crippen LogP contribution in [0.4, 0.5) is 5.82 Å². The molecule has 21 heavy (non-hydrogen) atoms. The Morgan fingerprint density at radius 1 is 1.24 bits per heavy atom. The second-order valence-corrected chi connectivity index (χ2v) is 5.46. The Kier molecular flexibility index (Phi) is 5.56. The highest BCUT2D eigenvalue weighted by Crippen LogP contribution is 2.29. The summed E-state index contributed by atoms with van der Waals surface area (Å²) in [7, 11) is 1.66. The number of nitrogens with one attached hydrogen (secondary N) is 1. The number of hydrogen-bond donors (Lipinski definition) is 1. The Balaban J connectivity index is 2.51. The zero-order valence-electron chi connectivity index (χ0n) is 12.6. The molecule has 2 aromatic rings. The van der Waals surface area contributed by atoms with Crippen LogP contribution >= 0.6 is 15.9 Å². The first-order chi connectivity index (χ1) is 10.2. The molecule has 112 valence electrons. The lowest BCUT2D eigenvalue weighted by Gasteiger charge is -2.12. The zero-order chi connectivity index (χ0) is 15.2. The minimum absolute atomic E-state index is 0.719. The number of rotatable bonds is 6. The van der Waals surface area contributed by atoms with E-state index in [1.807, 2.05) is 24.3 Å². The summed E-state index contributed by atoms with van der Waals surface area (Å²) in [5, 5.41) is 3.28. The Hall–Kier alpha value is -1.62. The number of hydrogen-bond acceptors (Lipinski definition) is 4. The van der Waals surface area contributed by atoms with Crippen molar-refractivity contribution in [1.29, 1.82) is 0 Å². The SMILES string of the molecule is CCCc1nc(-c2cccc(OC)c2)nc(NCC)c1Br. The van der Waals surface area contributed by atoms with Gasteiger partial charge in [0, 0.05) is 12.1 Å². The van der Waals surface area contributed by atoms with Crippen LogP contribution in [0.1, 0.15) is 26.0 Å². The van der Waals surface area contributed by atoms with E-state index in [9.17, 15) is 0 Å². The van der Waals surface area contributed by atoms with Crippen LogP contribution in [-0.4, -0.2) is 23.6 Å². The third kappa shape index (κ3) is 3.73. The first kappa shape index (κ1) is 15.8. The van der Waals surface area contributed by atoms with Crippen LogP contribution in [0, 0.1) is 0 Å². The van der Waals surface area contributed by atoms with Crippen LogP contribution in [0.5, 0.6) is 5.75 Å². The average molecular weight is 350 g/mol. The molecule has 0 bridgehead atoms. The lowest BCUT2D eigenvalue weighted by molar-refractivity contribution is 0.415. The zero-order valence-corrected chi connectivity index (χ0v) is 14.2. The van der Waals surface area contributed by atoms with Crippen molar-refractivity contribution in [2.24, 2.45) is 0 Å². The molecule has 0 radical (unpaired) electrons. The lowest BCUT2D eigenvalue weighted by atomic mass is 10.2. The molecular weight excluding hydrogens is 330 g/mol. The van der Waals surface area contributed by atoms with Crippen molar-refractivity contribution in [3.8, 4) is 17.1 Å². The average Bonchev–Trinajstić information content (AvgIpc) is 2.51. The summed E-state index contributed by atoms with van der Waals surface area (Å²) < 4.78 is 6.23. The second kappa shape index (κ2) is 7.41. The number of aryl methyl sites for hydroxylation is 1. The van der Waals surface area contributed by atoms with Gasteiger partial charge < -0.3 is 10.1 Å². The molecule has 0 amide bonds. The van der Waals surface area contributed by atoms with E-state index in [-0.39, 0.29) is 0 Å². The maximum Gasteiger partial charge on any atom is 0.161 e. The van der Waals surface area contributed by atoms with Gasteiger partial charge in [0.2, 0.25) is 0 Å². The van der Waals surface area contributed by atoms with Gasteiger partial charge in [-0.05, 0) is 41.4 Å². The number of methoxy groups -OCH3 is 1. The minimum atomic E-state index is 0.719. The molecule has 0 saturated heterocycles. The van der Waals surface area contributed by atoms with Crippen LogP contribution in [-0.2, 0) is 6.42 Å². The summed E-state index contributed by atoms with van der Waals surface area (Å²) in [5.41, 5.74) is 1.99. The third-order valence-electron chi connectivity index (χ3n) is 3.08. The molecule has 0 atom stereocenters. The summed E-state index contributed by atoms with van der Waals surface area (Å²) in [6.45, 7) is 5.02. The summed E-state index contributed by atoms with van der Waals surface area (Å²) in [4.78, 5) is 9.32. The molecular formula is C16H20BrN3O. The Labute approximate surface area is 134 Å². The van der Waals surface area contributed by atoms with Gasteiger partial charge in [0.1, 0.15) is 11.6 Å². The lowest BCUT2D eigenvalue weighted by Crippen LogP contribution is -2.06. The molecule has 0 aliphatic rings. The molecule has 1 N–H and O–H groups in total. The van der Waals surface area contributed by atoms with E-state index in [0.717, 1.165) is 52.5 Å². The highest BCUT2D eigenvalue weighted by molar-refractivity contribution is 9.10. The van der Waals surface area contributed by atoms with Gasteiger partial charge in [-0.15, -0.1) is 0 Å². The summed E-state index contributed by atoms with van der Waals surface area (Å²) >= 11 is 3.61. The fourth-order valence-electron chi connectivity index (χ4n) is 2.07. The van der Waals surface area contributed by atoms with Gasteiger partial charge in [0.05, 0.1) is 17.3 Å². The number of nitrogens with zero attached hydrogens (tertiary/aromatic N) is 2. The fraction of sp³-hybridized carbons (Fsp3) is 0.375. The maximum absolute atomic E-state index is 5.28. The normalized spacial score (nSPS) is 10.5. The van der Waals surface area contributed by atoms with Crippen LogP contribution in [0.3, 0.4) is 0 Å². The van der Waals surface area contributed by atoms with Crippen molar-refractivity contribution in [1.82, 2.24) is 9.97 Å². The number of halogens is 1. The number of anilines is 1.